The quantitative estimate of drug-likeness (QED) is 0.858. The van der Waals surface area contributed by atoms with E-state index in [9.17, 15) is 14.4 Å². The lowest BCUT2D eigenvalue weighted by atomic mass is 9.28. The van der Waals surface area contributed by atoms with E-state index in [-0.39, 0.29) is 17.9 Å². The van der Waals surface area contributed by atoms with Crippen LogP contribution >= 0.6 is 0 Å². The molecule has 7 heteroatoms. The van der Waals surface area contributed by atoms with Crippen LogP contribution in [-0.4, -0.2) is 31.1 Å². The minimum atomic E-state index is -0.687. The molecule has 0 atom stereocenters. The van der Waals surface area contributed by atoms with Crippen LogP contribution in [0.4, 0.5) is 0 Å². The number of methoxy groups -OCH3 is 2. The third-order valence-corrected chi connectivity index (χ3v) is 5.33. The molecule has 1 aromatic carbocycles. The molecule has 23 heavy (non-hydrogen) atoms. The van der Waals surface area contributed by atoms with Crippen molar-refractivity contribution < 1.29 is 23.5 Å². The summed E-state index contributed by atoms with van der Waals surface area (Å²) in [5, 5.41) is 0. The highest BCUT2D eigenvalue weighted by Gasteiger charge is 2.83. The molecule has 2 aromatic rings. The minimum Gasteiger partial charge on any atom is -0.469 e. The number of carbonyl (C=O) groups is 2. The molecule has 2 bridgehead atoms. The third-order valence-electron chi connectivity index (χ3n) is 5.33. The van der Waals surface area contributed by atoms with Crippen LogP contribution in [0, 0.1) is 10.8 Å². The average molecular weight is 317 g/mol. The molecule has 1 heterocycles. The number of benzene rings is 1. The summed E-state index contributed by atoms with van der Waals surface area (Å²) >= 11 is 0. The smallest absolute Gasteiger partial charge is 0.417 e. The summed E-state index contributed by atoms with van der Waals surface area (Å²) in [4.78, 5) is 38.3. The number of H-pyrrole nitrogens is 1. The molecule has 3 aliphatic rings. The van der Waals surface area contributed by atoms with Crippen LogP contribution in [0.1, 0.15) is 24.3 Å². The van der Waals surface area contributed by atoms with Gasteiger partial charge in [0.2, 0.25) is 0 Å². The highest BCUT2D eigenvalue weighted by molar-refractivity contribution is 5.94. The van der Waals surface area contributed by atoms with Gasteiger partial charge in [-0.25, -0.2) is 4.79 Å². The van der Waals surface area contributed by atoms with E-state index in [1.807, 2.05) is 0 Å². The van der Waals surface area contributed by atoms with Gasteiger partial charge in [-0.1, -0.05) is 6.07 Å². The van der Waals surface area contributed by atoms with Gasteiger partial charge in [0.05, 0.1) is 30.6 Å². The van der Waals surface area contributed by atoms with Crippen molar-refractivity contribution in [3.05, 3.63) is 34.3 Å². The Kier molecular flexibility index (Phi) is 2.59. The predicted octanol–water partition coefficient (Wildman–Crippen LogP) is 1.33. The summed E-state index contributed by atoms with van der Waals surface area (Å²) in [6.45, 7) is 0. The monoisotopic (exact) mass is 317 g/mol. The Morgan fingerprint density at radius 1 is 1.17 bits per heavy atom. The molecule has 1 aromatic heterocycles. The topological polar surface area (TPSA) is 98.6 Å². The molecular weight excluding hydrogens is 302 g/mol. The van der Waals surface area contributed by atoms with Gasteiger partial charge in [-0.15, -0.1) is 0 Å². The summed E-state index contributed by atoms with van der Waals surface area (Å²) in [6.07, 6.45) is 0.859. The minimum absolute atomic E-state index is 0.316. The van der Waals surface area contributed by atoms with Crippen LogP contribution in [0.25, 0.3) is 11.1 Å². The Labute approximate surface area is 130 Å². The summed E-state index contributed by atoms with van der Waals surface area (Å²) < 4.78 is 14.9. The van der Waals surface area contributed by atoms with E-state index in [1.165, 1.54) is 14.2 Å². The molecule has 3 fully saturated rings. The van der Waals surface area contributed by atoms with Gasteiger partial charge in [0.15, 0.2) is 5.58 Å². The first-order chi connectivity index (χ1) is 11.0. The lowest BCUT2D eigenvalue weighted by Gasteiger charge is -2.72. The predicted molar refractivity (Wildman–Crippen MR) is 77.7 cm³/mol. The van der Waals surface area contributed by atoms with Gasteiger partial charge in [0, 0.05) is 5.92 Å². The molecule has 0 radical (unpaired) electrons. The fourth-order valence-corrected chi connectivity index (χ4v) is 4.46. The van der Waals surface area contributed by atoms with E-state index in [2.05, 4.69) is 4.98 Å². The first kappa shape index (κ1) is 14.0. The third kappa shape index (κ3) is 1.51. The Balaban J connectivity index is 1.80. The standard InChI is InChI=1S/C16H15NO6/c1-21-12(18)15-6-16(7-15,13(19)22-2)11(15)8-3-4-9-10(5-8)23-14(20)17-9/h3-5,11H,6-7H2,1-2H3,(H,17,20). The maximum absolute atomic E-state index is 12.2. The second kappa shape index (κ2) is 4.24. The molecule has 3 saturated carbocycles. The molecule has 5 rings (SSSR count). The first-order valence-electron chi connectivity index (χ1n) is 7.26. The van der Waals surface area contributed by atoms with Crippen molar-refractivity contribution in [1.29, 1.82) is 0 Å². The zero-order valence-electron chi connectivity index (χ0n) is 12.7. The Morgan fingerprint density at radius 2 is 1.78 bits per heavy atom. The van der Waals surface area contributed by atoms with Crippen molar-refractivity contribution in [3.8, 4) is 0 Å². The number of hydrogen-bond acceptors (Lipinski definition) is 6. The SMILES string of the molecule is COC(=O)C12CC(C(=O)OC)(C1)C2c1ccc2[nH]c(=O)oc2c1. The van der Waals surface area contributed by atoms with Crippen LogP contribution in [0.2, 0.25) is 0 Å². The van der Waals surface area contributed by atoms with E-state index < -0.39 is 16.6 Å². The number of aromatic nitrogens is 1. The average Bonchev–Trinajstić information content (AvgIpc) is 2.84. The fraction of sp³-hybridized carbons (Fsp3) is 0.438. The van der Waals surface area contributed by atoms with Crippen LogP contribution in [0.15, 0.2) is 27.4 Å². The summed E-state index contributed by atoms with van der Waals surface area (Å²) in [5.74, 6) is -1.49. The molecule has 120 valence electrons. The van der Waals surface area contributed by atoms with Gasteiger partial charge in [-0.3, -0.25) is 14.6 Å². The van der Waals surface area contributed by atoms with Crippen molar-refractivity contribution in [2.75, 3.05) is 14.2 Å². The maximum Gasteiger partial charge on any atom is 0.417 e. The Bertz CT molecular complexity index is 857. The van der Waals surface area contributed by atoms with Crippen LogP contribution < -0.4 is 5.76 Å². The van der Waals surface area contributed by atoms with Crippen molar-refractivity contribution in [1.82, 2.24) is 4.98 Å². The van der Waals surface area contributed by atoms with E-state index in [4.69, 9.17) is 13.9 Å². The van der Waals surface area contributed by atoms with Gasteiger partial charge < -0.3 is 13.9 Å². The van der Waals surface area contributed by atoms with E-state index in [0.717, 1.165) is 5.56 Å². The molecule has 0 spiro atoms. The molecule has 3 aliphatic carbocycles. The Hall–Kier alpha value is -2.57. The first-order valence-corrected chi connectivity index (χ1v) is 7.26. The lowest BCUT2D eigenvalue weighted by Crippen LogP contribution is -2.74. The van der Waals surface area contributed by atoms with Gasteiger partial charge in [-0.2, -0.15) is 0 Å². The highest BCUT2D eigenvalue weighted by Crippen LogP contribution is 2.81. The molecule has 7 nitrogen and oxygen atoms in total. The molecule has 1 N–H and O–H groups in total. The van der Waals surface area contributed by atoms with Crippen LogP contribution in [-0.2, 0) is 19.1 Å². The molecule has 0 saturated heterocycles. The number of oxazole rings is 1. The van der Waals surface area contributed by atoms with Gasteiger partial charge in [0.1, 0.15) is 0 Å². The second-order valence-electron chi connectivity index (χ2n) is 6.35. The molecule has 0 amide bonds. The second-order valence-corrected chi connectivity index (χ2v) is 6.35. The van der Waals surface area contributed by atoms with Gasteiger partial charge in [0.25, 0.3) is 0 Å². The normalized spacial score (nSPS) is 31.1. The lowest BCUT2D eigenvalue weighted by molar-refractivity contribution is -0.249. The van der Waals surface area contributed by atoms with Crippen molar-refractivity contribution in [2.24, 2.45) is 10.8 Å². The number of aromatic amines is 1. The van der Waals surface area contributed by atoms with Crippen molar-refractivity contribution in [3.63, 3.8) is 0 Å². The number of esters is 2. The summed E-state index contributed by atoms with van der Waals surface area (Å²) in [6, 6.07) is 5.21. The number of nitrogens with one attached hydrogen (secondary N) is 1. The number of fused-ring (bicyclic) bond motifs is 1. The van der Waals surface area contributed by atoms with Gasteiger partial charge in [-0.05, 0) is 30.5 Å². The number of ether oxygens (including phenoxy) is 2. The van der Waals surface area contributed by atoms with Crippen LogP contribution in [0.5, 0.6) is 0 Å². The Morgan fingerprint density at radius 3 is 2.35 bits per heavy atom. The number of rotatable bonds is 3. The number of hydrogen-bond donors (Lipinski definition) is 1. The number of carbonyl (C=O) groups excluding carboxylic acids is 2. The van der Waals surface area contributed by atoms with E-state index >= 15 is 0 Å². The fourth-order valence-electron chi connectivity index (χ4n) is 4.46. The molecular formula is C16H15NO6. The van der Waals surface area contributed by atoms with Crippen LogP contribution in [0.3, 0.4) is 0 Å². The molecule has 0 aliphatic heterocycles. The van der Waals surface area contributed by atoms with Gasteiger partial charge >= 0.3 is 17.7 Å². The van der Waals surface area contributed by atoms with E-state index in [0.29, 0.717) is 23.9 Å². The maximum atomic E-state index is 12.2. The van der Waals surface area contributed by atoms with Crippen molar-refractivity contribution >= 4 is 23.0 Å². The highest BCUT2D eigenvalue weighted by atomic mass is 16.5. The van der Waals surface area contributed by atoms with Crippen molar-refractivity contribution in [2.45, 2.75) is 18.8 Å². The zero-order chi connectivity index (χ0) is 16.4. The molecule has 0 unspecified atom stereocenters. The summed E-state index contributed by atoms with van der Waals surface area (Å²) in [7, 11) is 2.69. The zero-order valence-corrected chi connectivity index (χ0v) is 12.7. The largest absolute Gasteiger partial charge is 0.469 e. The summed E-state index contributed by atoms with van der Waals surface area (Å²) in [5.41, 5.74) is 0.374. The van der Waals surface area contributed by atoms with E-state index in [1.54, 1.807) is 18.2 Å².